The van der Waals surface area contributed by atoms with Crippen LogP contribution in [0.2, 0.25) is 0 Å². The monoisotopic (exact) mass is 554 g/mol. The number of ether oxygens (including phenoxy) is 2. The fourth-order valence-electron chi connectivity index (χ4n) is 3.96. The fraction of sp³-hybridized carbons (Fsp3) is 0.286. The van der Waals surface area contributed by atoms with Gasteiger partial charge in [-0.3, -0.25) is 4.79 Å². The lowest BCUT2D eigenvalue weighted by molar-refractivity contribution is -0.126. The SMILES string of the molecule is O=C(NCCc1cccc(F)c1)[C@@]1(Cc2ccccc2Br)COC(c2ccc(OCCCO)cc2)=N1. The molecule has 1 amide bonds. The second-order valence-electron chi connectivity index (χ2n) is 8.59. The van der Waals surface area contributed by atoms with E-state index in [1.54, 1.807) is 6.07 Å². The number of amides is 1. The molecule has 0 fully saturated rings. The molecule has 2 N–H and O–H groups in total. The van der Waals surface area contributed by atoms with Crippen LogP contribution in [-0.4, -0.2) is 48.8 Å². The number of nitrogens with zero attached hydrogens (tertiary/aromatic N) is 1. The Morgan fingerprint density at radius 2 is 1.94 bits per heavy atom. The Hall–Kier alpha value is -3.23. The summed E-state index contributed by atoms with van der Waals surface area (Å²) >= 11 is 3.57. The van der Waals surface area contributed by atoms with Crippen molar-refractivity contribution in [2.45, 2.75) is 24.8 Å². The van der Waals surface area contributed by atoms with Gasteiger partial charge < -0.3 is 19.9 Å². The fourth-order valence-corrected chi connectivity index (χ4v) is 4.39. The molecule has 4 rings (SSSR count). The standard InChI is InChI=1S/C28H28BrFN2O4/c29-25-8-2-1-6-22(25)18-28(27(34)31-14-13-20-5-3-7-23(30)17-20)19-36-26(32-28)21-9-11-24(12-10-21)35-16-4-15-33/h1-3,5-12,17,33H,4,13-16,18-19H2,(H,31,34)/t28-/m1/s1. The highest BCUT2D eigenvalue weighted by Gasteiger charge is 2.44. The van der Waals surface area contributed by atoms with Crippen LogP contribution in [0, 0.1) is 5.82 Å². The lowest BCUT2D eigenvalue weighted by atomic mass is 9.91. The highest BCUT2D eigenvalue weighted by Crippen LogP contribution is 2.30. The van der Waals surface area contributed by atoms with E-state index in [1.165, 1.54) is 12.1 Å². The zero-order chi connectivity index (χ0) is 25.4. The number of carbonyl (C=O) groups is 1. The van der Waals surface area contributed by atoms with Gasteiger partial charge in [-0.2, -0.15) is 0 Å². The molecule has 1 heterocycles. The Balaban J connectivity index is 1.52. The quantitative estimate of drug-likeness (QED) is 0.343. The van der Waals surface area contributed by atoms with E-state index in [4.69, 9.17) is 19.6 Å². The van der Waals surface area contributed by atoms with Gasteiger partial charge in [-0.1, -0.05) is 46.3 Å². The van der Waals surface area contributed by atoms with E-state index in [0.29, 0.717) is 44.1 Å². The van der Waals surface area contributed by atoms with E-state index >= 15 is 0 Å². The average molecular weight is 555 g/mol. The molecule has 8 heteroatoms. The number of aliphatic imine (C=N–C) groups is 1. The van der Waals surface area contributed by atoms with Crippen LogP contribution in [0.5, 0.6) is 5.75 Å². The van der Waals surface area contributed by atoms with Gasteiger partial charge in [0.2, 0.25) is 5.90 Å². The molecule has 3 aromatic carbocycles. The number of hydrogen-bond donors (Lipinski definition) is 2. The van der Waals surface area contributed by atoms with E-state index in [1.807, 2.05) is 54.6 Å². The van der Waals surface area contributed by atoms with Gasteiger partial charge in [-0.15, -0.1) is 0 Å². The van der Waals surface area contributed by atoms with Crippen LogP contribution in [0.1, 0.15) is 23.1 Å². The summed E-state index contributed by atoms with van der Waals surface area (Å²) in [6.45, 7) is 0.958. The van der Waals surface area contributed by atoms with Crippen LogP contribution >= 0.6 is 15.9 Å². The van der Waals surface area contributed by atoms with Crippen molar-refractivity contribution >= 4 is 27.7 Å². The molecule has 0 saturated carbocycles. The van der Waals surface area contributed by atoms with Crippen molar-refractivity contribution in [2.75, 3.05) is 26.4 Å². The Morgan fingerprint density at radius 1 is 1.14 bits per heavy atom. The van der Waals surface area contributed by atoms with Gasteiger partial charge in [0.25, 0.3) is 5.91 Å². The first kappa shape index (κ1) is 25.9. The molecular weight excluding hydrogens is 527 g/mol. The normalized spacial score (nSPS) is 16.8. The van der Waals surface area contributed by atoms with Gasteiger partial charge in [-0.05, 0) is 60.0 Å². The maximum Gasteiger partial charge on any atom is 0.251 e. The largest absolute Gasteiger partial charge is 0.494 e. The van der Waals surface area contributed by atoms with Crippen molar-refractivity contribution in [2.24, 2.45) is 4.99 Å². The molecule has 1 atom stereocenters. The summed E-state index contributed by atoms with van der Waals surface area (Å²) in [6.07, 6.45) is 1.42. The first-order valence-corrected chi connectivity index (χ1v) is 12.6. The van der Waals surface area contributed by atoms with Crippen molar-refractivity contribution < 1.29 is 23.8 Å². The van der Waals surface area contributed by atoms with Crippen molar-refractivity contribution in [1.29, 1.82) is 0 Å². The first-order valence-electron chi connectivity index (χ1n) is 11.8. The highest BCUT2D eigenvalue weighted by molar-refractivity contribution is 9.10. The van der Waals surface area contributed by atoms with Gasteiger partial charge in [0.05, 0.1) is 6.61 Å². The molecule has 188 valence electrons. The molecule has 0 bridgehead atoms. The summed E-state index contributed by atoms with van der Waals surface area (Å²) in [4.78, 5) is 18.3. The van der Waals surface area contributed by atoms with Gasteiger partial charge in [0, 0.05) is 36.0 Å². The number of aliphatic hydroxyl groups excluding tert-OH is 1. The summed E-state index contributed by atoms with van der Waals surface area (Å²) < 4.78 is 25.9. The molecule has 1 aliphatic heterocycles. The summed E-state index contributed by atoms with van der Waals surface area (Å²) in [7, 11) is 0. The van der Waals surface area contributed by atoms with Crippen molar-refractivity contribution in [3.05, 3.63) is 99.8 Å². The molecule has 3 aromatic rings. The number of aliphatic hydroxyl groups is 1. The van der Waals surface area contributed by atoms with E-state index in [0.717, 1.165) is 21.2 Å². The minimum absolute atomic E-state index is 0.0760. The molecule has 0 unspecified atom stereocenters. The number of benzene rings is 3. The second kappa shape index (κ2) is 12.1. The molecule has 0 radical (unpaired) electrons. The van der Waals surface area contributed by atoms with Crippen LogP contribution in [-0.2, 0) is 22.4 Å². The van der Waals surface area contributed by atoms with Crippen molar-refractivity contribution in [3.63, 3.8) is 0 Å². The van der Waals surface area contributed by atoms with Crippen LogP contribution in [0.25, 0.3) is 0 Å². The average Bonchev–Trinajstić information content (AvgIpc) is 3.31. The summed E-state index contributed by atoms with van der Waals surface area (Å²) in [5.41, 5.74) is 1.35. The summed E-state index contributed by atoms with van der Waals surface area (Å²) in [5.74, 6) is 0.533. The van der Waals surface area contributed by atoms with Gasteiger partial charge in [-0.25, -0.2) is 9.38 Å². The van der Waals surface area contributed by atoms with Crippen LogP contribution in [0.4, 0.5) is 4.39 Å². The third-order valence-corrected chi connectivity index (χ3v) is 6.66. The summed E-state index contributed by atoms with van der Waals surface area (Å²) in [5, 5.41) is 11.9. The molecule has 6 nitrogen and oxygen atoms in total. The number of halogens is 2. The van der Waals surface area contributed by atoms with Crippen molar-refractivity contribution in [1.82, 2.24) is 5.32 Å². The number of hydrogen-bond acceptors (Lipinski definition) is 5. The van der Waals surface area contributed by atoms with Crippen LogP contribution in [0.3, 0.4) is 0 Å². The number of nitrogens with one attached hydrogen (secondary N) is 1. The maximum atomic E-state index is 13.5. The van der Waals surface area contributed by atoms with E-state index in [2.05, 4.69) is 21.2 Å². The molecule has 0 spiro atoms. The highest BCUT2D eigenvalue weighted by atomic mass is 79.9. The maximum absolute atomic E-state index is 13.5. The summed E-state index contributed by atoms with van der Waals surface area (Å²) in [6, 6.07) is 21.4. The predicted molar refractivity (Wildman–Crippen MR) is 140 cm³/mol. The zero-order valence-electron chi connectivity index (χ0n) is 19.8. The molecule has 36 heavy (non-hydrogen) atoms. The van der Waals surface area contributed by atoms with E-state index in [-0.39, 0.29) is 24.9 Å². The topological polar surface area (TPSA) is 80.2 Å². The molecule has 1 aliphatic rings. The zero-order valence-corrected chi connectivity index (χ0v) is 21.3. The Kier molecular flexibility index (Phi) is 8.72. The lowest BCUT2D eigenvalue weighted by Gasteiger charge is -2.24. The van der Waals surface area contributed by atoms with Crippen molar-refractivity contribution in [3.8, 4) is 5.75 Å². The van der Waals surface area contributed by atoms with E-state index < -0.39 is 5.54 Å². The smallest absolute Gasteiger partial charge is 0.251 e. The third kappa shape index (κ3) is 6.50. The lowest BCUT2D eigenvalue weighted by Crippen LogP contribution is -2.49. The molecule has 0 aliphatic carbocycles. The number of carbonyl (C=O) groups excluding carboxylic acids is 1. The third-order valence-electron chi connectivity index (χ3n) is 5.89. The Bertz CT molecular complexity index is 1220. The van der Waals surface area contributed by atoms with Crippen LogP contribution < -0.4 is 10.1 Å². The van der Waals surface area contributed by atoms with Gasteiger partial charge in [0.1, 0.15) is 18.2 Å². The molecular formula is C28H28BrFN2O4. The Morgan fingerprint density at radius 3 is 2.69 bits per heavy atom. The van der Waals surface area contributed by atoms with Gasteiger partial charge in [0.15, 0.2) is 5.54 Å². The molecule has 0 saturated heterocycles. The minimum Gasteiger partial charge on any atom is -0.494 e. The number of rotatable bonds is 11. The van der Waals surface area contributed by atoms with Crippen LogP contribution in [0.15, 0.2) is 82.3 Å². The van der Waals surface area contributed by atoms with E-state index in [9.17, 15) is 9.18 Å². The second-order valence-corrected chi connectivity index (χ2v) is 9.45. The Labute approximate surface area is 218 Å². The molecule has 0 aromatic heterocycles. The van der Waals surface area contributed by atoms with Gasteiger partial charge >= 0.3 is 0 Å². The minimum atomic E-state index is -1.14. The predicted octanol–water partition coefficient (Wildman–Crippen LogP) is 4.47. The first-order chi connectivity index (χ1) is 17.5.